The monoisotopic (exact) mass is 543 g/mol. The van der Waals surface area contributed by atoms with Crippen molar-refractivity contribution in [2.75, 3.05) is 13.1 Å². The van der Waals surface area contributed by atoms with Crippen LogP contribution in [0.3, 0.4) is 0 Å². The molecule has 0 bridgehead atoms. The Kier molecular flexibility index (Phi) is 9.53. The minimum absolute atomic E-state index is 0. The van der Waals surface area contributed by atoms with Crippen molar-refractivity contribution in [2.45, 2.75) is 38.6 Å². The van der Waals surface area contributed by atoms with Gasteiger partial charge in [-0.05, 0) is 31.0 Å². The van der Waals surface area contributed by atoms with Crippen molar-refractivity contribution in [1.29, 1.82) is 0 Å². The molecular formula is C19H26F4IN5O. The van der Waals surface area contributed by atoms with Gasteiger partial charge in [-0.3, -0.25) is 0 Å². The Morgan fingerprint density at radius 1 is 1.27 bits per heavy atom. The standard InChI is InChI=1S/C19H25F4N5O.HI/c1-4-24-17(27-12-14-5-6-15(20)13(2)11-14)26-8-7-18(29,19(21,22)23)16-25-9-10-28(16)3;/h5-6,9-11,29H,4,7-8,12H2,1-3H3,(H2,24,26,27);1H. The number of aliphatic hydroxyl groups is 1. The van der Waals surface area contributed by atoms with Gasteiger partial charge in [0.05, 0.1) is 6.54 Å². The Morgan fingerprint density at radius 3 is 2.50 bits per heavy atom. The van der Waals surface area contributed by atoms with Gasteiger partial charge in [0, 0.05) is 39.0 Å². The molecule has 1 unspecified atom stereocenters. The number of aryl methyl sites for hydroxylation is 2. The highest BCUT2D eigenvalue weighted by molar-refractivity contribution is 14.0. The topological polar surface area (TPSA) is 74.5 Å². The molecule has 0 radical (unpaired) electrons. The molecule has 0 aliphatic rings. The molecule has 2 rings (SSSR count). The largest absolute Gasteiger partial charge is 0.424 e. The SMILES string of the molecule is CCNC(=NCc1ccc(F)c(C)c1)NCCC(O)(c1nccn1C)C(F)(F)F.I. The molecule has 0 aliphatic heterocycles. The number of hydrogen-bond donors (Lipinski definition) is 3. The number of benzene rings is 1. The highest BCUT2D eigenvalue weighted by atomic mass is 127. The zero-order chi connectivity index (χ0) is 21.7. The van der Waals surface area contributed by atoms with Crippen LogP contribution in [0.15, 0.2) is 35.6 Å². The molecule has 1 heterocycles. The number of nitrogens with zero attached hydrogens (tertiary/aromatic N) is 3. The summed E-state index contributed by atoms with van der Waals surface area (Å²) in [6, 6.07) is 4.60. The number of aliphatic imine (C=N–C) groups is 1. The van der Waals surface area contributed by atoms with Crippen molar-refractivity contribution in [2.24, 2.45) is 12.0 Å². The van der Waals surface area contributed by atoms with Gasteiger partial charge >= 0.3 is 6.18 Å². The van der Waals surface area contributed by atoms with Crippen LogP contribution in [0.4, 0.5) is 17.6 Å². The van der Waals surface area contributed by atoms with E-state index in [1.165, 1.54) is 25.5 Å². The molecule has 0 fully saturated rings. The number of hydrogen-bond acceptors (Lipinski definition) is 3. The van der Waals surface area contributed by atoms with E-state index in [4.69, 9.17) is 0 Å². The molecule has 30 heavy (non-hydrogen) atoms. The molecule has 0 amide bonds. The van der Waals surface area contributed by atoms with Crippen LogP contribution in [0.25, 0.3) is 0 Å². The average Bonchev–Trinajstić information content (AvgIpc) is 3.07. The normalized spacial score (nSPS) is 14.1. The van der Waals surface area contributed by atoms with Crippen LogP contribution >= 0.6 is 24.0 Å². The number of rotatable bonds is 7. The van der Waals surface area contributed by atoms with Gasteiger partial charge in [0.2, 0.25) is 5.60 Å². The van der Waals surface area contributed by atoms with E-state index in [1.54, 1.807) is 19.1 Å². The van der Waals surface area contributed by atoms with Crippen molar-refractivity contribution < 1.29 is 22.7 Å². The Bertz CT molecular complexity index is 856. The fraction of sp³-hybridized carbons (Fsp3) is 0.474. The molecule has 3 N–H and O–H groups in total. The van der Waals surface area contributed by atoms with E-state index in [1.807, 2.05) is 6.92 Å². The Labute approximate surface area is 189 Å². The summed E-state index contributed by atoms with van der Waals surface area (Å²) in [6.07, 6.45) is -3.00. The smallest absolute Gasteiger partial charge is 0.374 e. The molecule has 0 saturated carbocycles. The first-order chi connectivity index (χ1) is 13.6. The Hall–Kier alpha value is -1.89. The molecule has 1 aromatic carbocycles. The van der Waals surface area contributed by atoms with Crippen LogP contribution in [0.2, 0.25) is 0 Å². The molecule has 11 heteroatoms. The minimum Gasteiger partial charge on any atom is -0.374 e. The average molecular weight is 543 g/mol. The van der Waals surface area contributed by atoms with Crippen molar-refractivity contribution in [3.63, 3.8) is 0 Å². The molecule has 2 aromatic rings. The predicted molar refractivity (Wildman–Crippen MR) is 117 cm³/mol. The van der Waals surface area contributed by atoms with Crippen LogP contribution in [0.5, 0.6) is 0 Å². The lowest BCUT2D eigenvalue weighted by Gasteiger charge is -2.30. The van der Waals surface area contributed by atoms with Gasteiger partial charge in [0.1, 0.15) is 11.6 Å². The Morgan fingerprint density at radius 2 is 1.97 bits per heavy atom. The number of nitrogens with one attached hydrogen (secondary N) is 2. The summed E-state index contributed by atoms with van der Waals surface area (Å²) in [5.41, 5.74) is -1.84. The number of alkyl halides is 3. The first-order valence-electron chi connectivity index (χ1n) is 9.12. The number of imidazole rings is 1. The van der Waals surface area contributed by atoms with Crippen molar-refractivity contribution in [3.05, 3.63) is 53.4 Å². The number of halogens is 5. The van der Waals surface area contributed by atoms with Crippen LogP contribution in [-0.2, 0) is 19.2 Å². The van der Waals surface area contributed by atoms with E-state index >= 15 is 0 Å². The van der Waals surface area contributed by atoms with E-state index in [0.717, 1.165) is 10.1 Å². The van der Waals surface area contributed by atoms with E-state index in [9.17, 15) is 22.7 Å². The van der Waals surface area contributed by atoms with Crippen LogP contribution in [-0.4, -0.2) is 39.9 Å². The zero-order valence-corrected chi connectivity index (χ0v) is 19.3. The second-order valence-electron chi connectivity index (χ2n) is 6.68. The van der Waals surface area contributed by atoms with Crippen molar-refractivity contribution in [3.8, 4) is 0 Å². The third-order valence-corrected chi connectivity index (χ3v) is 4.43. The predicted octanol–water partition coefficient (Wildman–Crippen LogP) is 3.38. The summed E-state index contributed by atoms with van der Waals surface area (Å²) in [5, 5.41) is 16.1. The first-order valence-corrected chi connectivity index (χ1v) is 9.12. The van der Waals surface area contributed by atoms with Crippen LogP contribution < -0.4 is 10.6 Å². The van der Waals surface area contributed by atoms with Gasteiger partial charge in [-0.2, -0.15) is 13.2 Å². The lowest BCUT2D eigenvalue weighted by atomic mass is 9.97. The zero-order valence-electron chi connectivity index (χ0n) is 16.9. The minimum atomic E-state index is -4.89. The summed E-state index contributed by atoms with van der Waals surface area (Å²) in [7, 11) is 1.39. The summed E-state index contributed by atoms with van der Waals surface area (Å²) >= 11 is 0. The second kappa shape index (κ2) is 10.9. The summed E-state index contributed by atoms with van der Waals surface area (Å²) < 4.78 is 55.2. The van der Waals surface area contributed by atoms with Gasteiger partial charge in [0.25, 0.3) is 0 Å². The number of guanidine groups is 1. The van der Waals surface area contributed by atoms with Crippen LogP contribution in [0, 0.1) is 12.7 Å². The molecular weight excluding hydrogens is 517 g/mol. The quantitative estimate of drug-likeness (QED) is 0.217. The molecule has 0 spiro atoms. The molecule has 1 aromatic heterocycles. The summed E-state index contributed by atoms with van der Waals surface area (Å²) in [4.78, 5) is 7.97. The molecule has 6 nitrogen and oxygen atoms in total. The van der Waals surface area contributed by atoms with Crippen molar-refractivity contribution >= 4 is 29.9 Å². The van der Waals surface area contributed by atoms with Crippen LogP contribution in [0.1, 0.15) is 30.3 Å². The summed E-state index contributed by atoms with van der Waals surface area (Å²) in [6.45, 7) is 3.98. The van der Waals surface area contributed by atoms with Crippen molar-refractivity contribution in [1.82, 2.24) is 20.2 Å². The third-order valence-electron chi connectivity index (χ3n) is 4.43. The first kappa shape index (κ1) is 26.1. The van der Waals surface area contributed by atoms with Gasteiger partial charge < -0.3 is 20.3 Å². The molecule has 1 atom stereocenters. The Balaban J connectivity index is 0.00000450. The second-order valence-corrected chi connectivity index (χ2v) is 6.68. The lowest BCUT2D eigenvalue weighted by Crippen LogP contribution is -2.47. The van der Waals surface area contributed by atoms with E-state index in [2.05, 4.69) is 20.6 Å². The van der Waals surface area contributed by atoms with E-state index in [0.29, 0.717) is 18.1 Å². The van der Waals surface area contributed by atoms with E-state index in [-0.39, 0.29) is 42.9 Å². The fourth-order valence-corrected chi connectivity index (χ4v) is 2.82. The maximum atomic E-state index is 13.6. The maximum absolute atomic E-state index is 13.6. The molecule has 168 valence electrons. The molecule has 0 aliphatic carbocycles. The summed E-state index contributed by atoms with van der Waals surface area (Å²) in [5.74, 6) is -0.502. The fourth-order valence-electron chi connectivity index (χ4n) is 2.82. The number of aromatic nitrogens is 2. The van der Waals surface area contributed by atoms with E-state index < -0.39 is 24.0 Å². The lowest BCUT2D eigenvalue weighted by molar-refractivity contribution is -0.272. The third kappa shape index (κ3) is 6.30. The van der Waals surface area contributed by atoms with Gasteiger partial charge in [-0.1, -0.05) is 12.1 Å². The van der Waals surface area contributed by atoms with Gasteiger partial charge in [-0.25, -0.2) is 14.4 Å². The molecule has 0 saturated heterocycles. The highest BCUT2D eigenvalue weighted by Gasteiger charge is 2.57. The van der Waals surface area contributed by atoms with Gasteiger partial charge in [-0.15, -0.1) is 24.0 Å². The highest BCUT2D eigenvalue weighted by Crippen LogP contribution is 2.40. The van der Waals surface area contributed by atoms with Gasteiger partial charge in [0.15, 0.2) is 5.96 Å². The maximum Gasteiger partial charge on any atom is 0.424 e.